The van der Waals surface area contributed by atoms with Crippen LogP contribution in [-0.4, -0.2) is 28.8 Å². The van der Waals surface area contributed by atoms with Crippen molar-refractivity contribution < 1.29 is 4.79 Å². The lowest BCUT2D eigenvalue weighted by Gasteiger charge is -2.16. The summed E-state index contributed by atoms with van der Waals surface area (Å²) in [5, 5.41) is 5.38. The lowest BCUT2D eigenvalue weighted by Crippen LogP contribution is -2.25. The second-order valence-corrected chi connectivity index (χ2v) is 4.86. The Morgan fingerprint density at radius 2 is 2.33 bits per heavy atom. The maximum absolute atomic E-state index is 11.9. The minimum absolute atomic E-state index is 0.161. The van der Waals surface area contributed by atoms with E-state index in [-0.39, 0.29) is 11.8 Å². The van der Waals surface area contributed by atoms with Gasteiger partial charge in [-0.2, -0.15) is 5.10 Å². The standard InChI is InChI=1S/C13H16N4O/c1-16-8-10-5-11(2-3-12(10)15-16)17-7-9(6-14)4-13(17)18/h2-3,5,8-9H,4,6-7,14H2,1H3. The molecule has 2 N–H and O–H groups in total. The van der Waals surface area contributed by atoms with E-state index in [9.17, 15) is 4.79 Å². The van der Waals surface area contributed by atoms with Gasteiger partial charge < -0.3 is 10.6 Å². The number of rotatable bonds is 2. The van der Waals surface area contributed by atoms with Gasteiger partial charge in [0.05, 0.1) is 5.52 Å². The summed E-state index contributed by atoms with van der Waals surface area (Å²) >= 11 is 0. The van der Waals surface area contributed by atoms with Gasteiger partial charge in [-0.05, 0) is 30.7 Å². The van der Waals surface area contributed by atoms with E-state index in [1.807, 2.05) is 36.3 Å². The van der Waals surface area contributed by atoms with Crippen LogP contribution in [0, 0.1) is 5.92 Å². The fourth-order valence-electron chi connectivity index (χ4n) is 2.49. The first-order valence-electron chi connectivity index (χ1n) is 6.11. The lowest BCUT2D eigenvalue weighted by molar-refractivity contribution is -0.117. The molecular formula is C13H16N4O. The number of aryl methyl sites for hydroxylation is 1. The molecule has 1 aromatic carbocycles. The quantitative estimate of drug-likeness (QED) is 0.853. The molecule has 1 aliphatic rings. The molecule has 1 saturated heterocycles. The Hall–Kier alpha value is -1.88. The van der Waals surface area contributed by atoms with Gasteiger partial charge in [0, 0.05) is 37.3 Å². The zero-order valence-corrected chi connectivity index (χ0v) is 10.3. The van der Waals surface area contributed by atoms with Crippen molar-refractivity contribution in [3.05, 3.63) is 24.4 Å². The van der Waals surface area contributed by atoms with Crippen molar-refractivity contribution in [3.63, 3.8) is 0 Å². The predicted octanol–water partition coefficient (Wildman–Crippen LogP) is 0.885. The van der Waals surface area contributed by atoms with E-state index in [4.69, 9.17) is 5.73 Å². The maximum atomic E-state index is 11.9. The summed E-state index contributed by atoms with van der Waals surface area (Å²) in [7, 11) is 1.89. The van der Waals surface area contributed by atoms with Crippen LogP contribution in [0.5, 0.6) is 0 Å². The summed E-state index contributed by atoms with van der Waals surface area (Å²) in [5.41, 5.74) is 7.53. The molecule has 0 aliphatic carbocycles. The number of amides is 1. The molecule has 94 valence electrons. The molecule has 2 heterocycles. The second kappa shape index (κ2) is 4.10. The van der Waals surface area contributed by atoms with Crippen molar-refractivity contribution in [2.24, 2.45) is 18.7 Å². The molecule has 5 heteroatoms. The molecular weight excluding hydrogens is 228 g/mol. The first kappa shape index (κ1) is 11.2. The third-order valence-electron chi connectivity index (χ3n) is 3.45. The first-order chi connectivity index (χ1) is 8.67. The Bertz CT molecular complexity index is 604. The van der Waals surface area contributed by atoms with Crippen LogP contribution in [-0.2, 0) is 11.8 Å². The zero-order valence-electron chi connectivity index (χ0n) is 10.3. The van der Waals surface area contributed by atoms with Crippen molar-refractivity contribution in [3.8, 4) is 0 Å². The van der Waals surface area contributed by atoms with E-state index >= 15 is 0 Å². The summed E-state index contributed by atoms with van der Waals surface area (Å²) in [6.45, 7) is 1.29. The molecule has 18 heavy (non-hydrogen) atoms. The van der Waals surface area contributed by atoms with E-state index in [0.29, 0.717) is 13.0 Å². The highest BCUT2D eigenvalue weighted by Crippen LogP contribution is 2.27. The maximum Gasteiger partial charge on any atom is 0.227 e. The Kier molecular flexibility index (Phi) is 2.56. The summed E-state index contributed by atoms with van der Waals surface area (Å²) in [6, 6.07) is 5.92. The normalized spacial score (nSPS) is 20.0. The highest BCUT2D eigenvalue weighted by molar-refractivity contribution is 5.97. The number of carbonyl (C=O) groups excluding carboxylic acids is 1. The molecule has 0 saturated carbocycles. The van der Waals surface area contributed by atoms with E-state index in [1.165, 1.54) is 0 Å². The molecule has 1 aliphatic heterocycles. The molecule has 1 aromatic heterocycles. The molecule has 1 unspecified atom stereocenters. The number of nitrogens with zero attached hydrogens (tertiary/aromatic N) is 3. The van der Waals surface area contributed by atoms with E-state index in [2.05, 4.69) is 5.10 Å². The van der Waals surface area contributed by atoms with Gasteiger partial charge in [-0.3, -0.25) is 9.48 Å². The van der Waals surface area contributed by atoms with Gasteiger partial charge in [0.2, 0.25) is 5.91 Å². The summed E-state index contributed by atoms with van der Waals surface area (Å²) < 4.78 is 1.78. The number of aromatic nitrogens is 2. The fourth-order valence-corrected chi connectivity index (χ4v) is 2.49. The molecule has 3 rings (SSSR count). The number of fused-ring (bicyclic) bond motifs is 1. The van der Waals surface area contributed by atoms with Gasteiger partial charge in [-0.1, -0.05) is 0 Å². The number of nitrogens with two attached hydrogens (primary N) is 1. The van der Waals surface area contributed by atoms with Crippen molar-refractivity contribution >= 4 is 22.5 Å². The average molecular weight is 244 g/mol. The highest BCUT2D eigenvalue weighted by Gasteiger charge is 2.29. The van der Waals surface area contributed by atoms with E-state index in [0.717, 1.165) is 23.1 Å². The molecule has 1 amide bonds. The number of hydrogen-bond donors (Lipinski definition) is 1. The smallest absolute Gasteiger partial charge is 0.227 e. The Balaban J connectivity index is 1.96. The van der Waals surface area contributed by atoms with E-state index < -0.39 is 0 Å². The monoisotopic (exact) mass is 244 g/mol. The van der Waals surface area contributed by atoms with Crippen molar-refractivity contribution in [2.75, 3.05) is 18.0 Å². The Morgan fingerprint density at radius 3 is 3.06 bits per heavy atom. The minimum atomic E-state index is 0.161. The molecule has 0 radical (unpaired) electrons. The van der Waals surface area contributed by atoms with Crippen LogP contribution in [0.4, 0.5) is 5.69 Å². The fraction of sp³-hybridized carbons (Fsp3) is 0.385. The predicted molar refractivity (Wildman–Crippen MR) is 70.2 cm³/mol. The topological polar surface area (TPSA) is 64.2 Å². The number of carbonyl (C=O) groups is 1. The third-order valence-corrected chi connectivity index (χ3v) is 3.45. The van der Waals surface area contributed by atoms with Crippen LogP contribution in [0.2, 0.25) is 0 Å². The minimum Gasteiger partial charge on any atom is -0.330 e. The highest BCUT2D eigenvalue weighted by atomic mass is 16.2. The summed E-state index contributed by atoms with van der Waals surface area (Å²) in [4.78, 5) is 13.8. The molecule has 1 atom stereocenters. The largest absolute Gasteiger partial charge is 0.330 e. The number of benzene rings is 1. The number of anilines is 1. The third kappa shape index (κ3) is 1.76. The molecule has 2 aromatic rings. The van der Waals surface area contributed by atoms with Crippen molar-refractivity contribution in [2.45, 2.75) is 6.42 Å². The van der Waals surface area contributed by atoms with Gasteiger partial charge in [0.1, 0.15) is 0 Å². The van der Waals surface area contributed by atoms with Crippen LogP contribution in [0.25, 0.3) is 10.9 Å². The molecule has 0 spiro atoms. The molecule has 1 fully saturated rings. The van der Waals surface area contributed by atoms with Crippen LogP contribution in [0.1, 0.15) is 6.42 Å². The first-order valence-corrected chi connectivity index (χ1v) is 6.11. The summed E-state index contributed by atoms with van der Waals surface area (Å²) in [6.07, 6.45) is 2.52. The molecule has 0 bridgehead atoms. The zero-order chi connectivity index (χ0) is 12.7. The van der Waals surface area contributed by atoms with Gasteiger partial charge in [0.15, 0.2) is 0 Å². The second-order valence-electron chi connectivity index (χ2n) is 4.86. The van der Waals surface area contributed by atoms with Crippen molar-refractivity contribution in [1.82, 2.24) is 9.78 Å². The van der Waals surface area contributed by atoms with Gasteiger partial charge in [-0.25, -0.2) is 0 Å². The van der Waals surface area contributed by atoms with Gasteiger partial charge in [-0.15, -0.1) is 0 Å². The van der Waals surface area contributed by atoms with Gasteiger partial charge in [0.25, 0.3) is 0 Å². The Labute approximate surface area is 105 Å². The number of hydrogen-bond acceptors (Lipinski definition) is 3. The molecule has 5 nitrogen and oxygen atoms in total. The van der Waals surface area contributed by atoms with Crippen LogP contribution in [0.15, 0.2) is 24.4 Å². The lowest BCUT2D eigenvalue weighted by atomic mass is 10.1. The SMILES string of the molecule is Cn1cc2cc(N3CC(CN)CC3=O)ccc2n1. The average Bonchev–Trinajstić information content (AvgIpc) is 2.89. The summed E-state index contributed by atoms with van der Waals surface area (Å²) in [5.74, 6) is 0.441. The van der Waals surface area contributed by atoms with Crippen LogP contribution < -0.4 is 10.6 Å². The van der Waals surface area contributed by atoms with Crippen LogP contribution >= 0.6 is 0 Å². The van der Waals surface area contributed by atoms with Gasteiger partial charge >= 0.3 is 0 Å². The van der Waals surface area contributed by atoms with E-state index in [1.54, 1.807) is 4.68 Å². The Morgan fingerprint density at radius 1 is 1.50 bits per heavy atom. The van der Waals surface area contributed by atoms with Crippen LogP contribution in [0.3, 0.4) is 0 Å². The van der Waals surface area contributed by atoms with Crippen molar-refractivity contribution in [1.29, 1.82) is 0 Å².